The van der Waals surface area contributed by atoms with Gasteiger partial charge < -0.3 is 0 Å². The number of rotatable bonds is 3. The van der Waals surface area contributed by atoms with Gasteiger partial charge in [-0.05, 0) is 18.2 Å². The van der Waals surface area contributed by atoms with Gasteiger partial charge in [0.2, 0.25) is 0 Å². The van der Waals surface area contributed by atoms with E-state index in [1.54, 1.807) is 6.07 Å². The topological polar surface area (TPSA) is 46.2 Å². The van der Waals surface area contributed by atoms with Crippen molar-refractivity contribution in [3.05, 3.63) is 58.3 Å². The highest BCUT2D eigenvalue weighted by atomic mass is 79.9. The molecule has 0 atom stereocenters. The number of hydrogen-bond acceptors (Lipinski definition) is 2. The van der Waals surface area contributed by atoms with Crippen molar-refractivity contribution in [1.29, 1.82) is 0 Å². The quantitative estimate of drug-likeness (QED) is 0.843. The normalized spacial score (nSPS) is 11.4. The molecule has 0 fully saturated rings. The maximum absolute atomic E-state index is 13.4. The Morgan fingerprint density at radius 3 is 2.25 bits per heavy atom. The van der Waals surface area contributed by atoms with Gasteiger partial charge in [0.05, 0.1) is 10.6 Å². The van der Waals surface area contributed by atoms with Gasteiger partial charge in [-0.25, -0.2) is 21.6 Å². The number of anilines is 1. The minimum Gasteiger partial charge on any atom is -0.277 e. The van der Waals surface area contributed by atoms with Crippen molar-refractivity contribution >= 4 is 31.6 Å². The molecule has 20 heavy (non-hydrogen) atoms. The van der Waals surface area contributed by atoms with Gasteiger partial charge in [0.1, 0.15) is 5.82 Å². The van der Waals surface area contributed by atoms with Gasteiger partial charge >= 0.3 is 0 Å². The Hall–Kier alpha value is -1.54. The first-order chi connectivity index (χ1) is 9.29. The highest BCUT2D eigenvalue weighted by molar-refractivity contribution is 9.10. The van der Waals surface area contributed by atoms with Crippen LogP contribution in [0.25, 0.3) is 0 Å². The minimum atomic E-state index is -4.10. The van der Waals surface area contributed by atoms with Gasteiger partial charge in [-0.15, -0.1) is 0 Å². The van der Waals surface area contributed by atoms with Crippen LogP contribution in [0.15, 0.2) is 45.8 Å². The van der Waals surface area contributed by atoms with E-state index < -0.39 is 33.2 Å². The fraction of sp³-hybridized carbons (Fsp3) is 0. The first kappa shape index (κ1) is 14.9. The Kier molecular flexibility index (Phi) is 4.05. The van der Waals surface area contributed by atoms with Crippen LogP contribution in [0.1, 0.15) is 0 Å². The van der Waals surface area contributed by atoms with Crippen molar-refractivity contribution in [2.75, 3.05) is 4.72 Å². The Labute approximate surface area is 121 Å². The minimum absolute atomic E-state index is 0.143. The summed E-state index contributed by atoms with van der Waals surface area (Å²) in [5.74, 6) is -3.95. The van der Waals surface area contributed by atoms with E-state index in [9.17, 15) is 21.6 Å². The molecule has 0 saturated heterocycles. The number of benzene rings is 2. The number of halogens is 4. The van der Waals surface area contributed by atoms with Crippen LogP contribution in [0, 0.1) is 17.5 Å². The van der Waals surface area contributed by atoms with Crippen LogP contribution >= 0.6 is 15.9 Å². The Morgan fingerprint density at radius 1 is 0.950 bits per heavy atom. The smallest absolute Gasteiger partial charge is 0.262 e. The molecule has 0 amide bonds. The largest absolute Gasteiger partial charge is 0.277 e. The maximum atomic E-state index is 13.4. The molecule has 2 aromatic rings. The Balaban J connectivity index is 2.41. The van der Waals surface area contributed by atoms with Crippen LogP contribution in [-0.2, 0) is 10.0 Å². The van der Waals surface area contributed by atoms with E-state index in [0.717, 1.165) is 0 Å². The third-order valence-corrected chi connectivity index (χ3v) is 4.22. The zero-order chi connectivity index (χ0) is 14.9. The van der Waals surface area contributed by atoms with Gasteiger partial charge in [0, 0.05) is 16.6 Å². The van der Waals surface area contributed by atoms with Gasteiger partial charge in [0.25, 0.3) is 10.0 Å². The van der Waals surface area contributed by atoms with E-state index in [1.807, 2.05) is 4.72 Å². The summed E-state index contributed by atoms with van der Waals surface area (Å²) >= 11 is 3.10. The molecular formula is C12H7BrF3NO2S. The van der Waals surface area contributed by atoms with Gasteiger partial charge in [-0.1, -0.05) is 22.0 Å². The molecule has 106 valence electrons. The van der Waals surface area contributed by atoms with Crippen LogP contribution in [0.3, 0.4) is 0 Å². The SMILES string of the molecule is O=S(=O)(Nc1cc(F)c(F)cc1F)c1cccc(Br)c1. The summed E-state index contributed by atoms with van der Waals surface area (Å²) in [6.45, 7) is 0. The average Bonchev–Trinajstić information content (AvgIpc) is 2.36. The standard InChI is InChI=1S/C12H7BrF3NO2S/c13-7-2-1-3-8(4-7)20(18,19)17-12-6-10(15)9(14)5-11(12)16/h1-6,17H. The van der Waals surface area contributed by atoms with Gasteiger partial charge in [0.15, 0.2) is 11.6 Å². The summed E-state index contributed by atoms with van der Waals surface area (Å²) in [5.41, 5.74) is -0.663. The predicted molar refractivity (Wildman–Crippen MR) is 71.3 cm³/mol. The summed E-state index contributed by atoms with van der Waals surface area (Å²) in [6, 6.07) is 6.37. The van der Waals surface area contributed by atoms with Crippen molar-refractivity contribution in [3.63, 3.8) is 0 Å². The lowest BCUT2D eigenvalue weighted by Crippen LogP contribution is -2.14. The molecule has 0 aliphatic rings. The van der Waals surface area contributed by atoms with E-state index in [2.05, 4.69) is 15.9 Å². The van der Waals surface area contributed by atoms with E-state index in [4.69, 9.17) is 0 Å². The first-order valence-corrected chi connectivity index (χ1v) is 7.50. The molecule has 2 rings (SSSR count). The Morgan fingerprint density at radius 2 is 1.60 bits per heavy atom. The number of sulfonamides is 1. The summed E-state index contributed by atoms with van der Waals surface area (Å²) in [6.07, 6.45) is 0. The lowest BCUT2D eigenvalue weighted by atomic mass is 10.3. The van der Waals surface area contributed by atoms with Gasteiger partial charge in [-0.2, -0.15) is 0 Å². The molecule has 0 aromatic heterocycles. The summed E-state index contributed by atoms with van der Waals surface area (Å²) in [5, 5.41) is 0. The molecule has 0 unspecified atom stereocenters. The van der Waals surface area contributed by atoms with E-state index in [1.165, 1.54) is 18.2 Å². The molecule has 0 aliphatic carbocycles. The molecule has 0 heterocycles. The zero-order valence-electron chi connectivity index (χ0n) is 9.70. The Bertz CT molecular complexity index is 765. The molecule has 0 saturated carbocycles. The molecule has 8 heteroatoms. The second kappa shape index (κ2) is 5.45. The van der Waals surface area contributed by atoms with E-state index in [-0.39, 0.29) is 11.0 Å². The first-order valence-electron chi connectivity index (χ1n) is 5.22. The fourth-order valence-electron chi connectivity index (χ4n) is 1.44. The molecular weight excluding hydrogens is 359 g/mol. The zero-order valence-corrected chi connectivity index (χ0v) is 12.1. The summed E-state index contributed by atoms with van der Waals surface area (Å²) in [7, 11) is -4.10. The van der Waals surface area contributed by atoms with Crippen LogP contribution < -0.4 is 4.72 Å². The molecule has 3 nitrogen and oxygen atoms in total. The second-order valence-electron chi connectivity index (χ2n) is 3.81. The summed E-state index contributed by atoms with van der Waals surface area (Å²) < 4.78 is 65.5. The van der Waals surface area contributed by atoms with Crippen molar-refractivity contribution in [2.24, 2.45) is 0 Å². The van der Waals surface area contributed by atoms with Crippen LogP contribution in [0.5, 0.6) is 0 Å². The predicted octanol–water partition coefficient (Wildman–Crippen LogP) is 3.67. The summed E-state index contributed by atoms with van der Waals surface area (Å²) in [4.78, 5) is -0.143. The highest BCUT2D eigenvalue weighted by Gasteiger charge is 2.18. The molecule has 0 spiro atoms. The van der Waals surface area contributed by atoms with Crippen molar-refractivity contribution in [2.45, 2.75) is 4.90 Å². The molecule has 2 aromatic carbocycles. The van der Waals surface area contributed by atoms with Crippen LogP contribution in [0.4, 0.5) is 18.9 Å². The monoisotopic (exact) mass is 365 g/mol. The molecule has 0 aliphatic heterocycles. The highest BCUT2D eigenvalue weighted by Crippen LogP contribution is 2.23. The third-order valence-electron chi connectivity index (χ3n) is 2.36. The van der Waals surface area contributed by atoms with Crippen molar-refractivity contribution in [1.82, 2.24) is 0 Å². The van der Waals surface area contributed by atoms with Crippen molar-refractivity contribution in [3.8, 4) is 0 Å². The van der Waals surface area contributed by atoms with Gasteiger partial charge in [-0.3, -0.25) is 4.72 Å². The molecule has 0 radical (unpaired) electrons. The second-order valence-corrected chi connectivity index (χ2v) is 6.41. The van der Waals surface area contributed by atoms with Crippen LogP contribution in [-0.4, -0.2) is 8.42 Å². The number of nitrogens with one attached hydrogen (secondary N) is 1. The number of hydrogen-bond donors (Lipinski definition) is 1. The van der Waals surface area contributed by atoms with E-state index >= 15 is 0 Å². The van der Waals surface area contributed by atoms with Crippen molar-refractivity contribution < 1.29 is 21.6 Å². The third kappa shape index (κ3) is 3.13. The van der Waals surface area contributed by atoms with E-state index in [0.29, 0.717) is 10.5 Å². The maximum Gasteiger partial charge on any atom is 0.262 e. The average molecular weight is 366 g/mol. The molecule has 0 bridgehead atoms. The fourth-order valence-corrected chi connectivity index (χ4v) is 3.09. The van der Waals surface area contributed by atoms with Crippen LogP contribution in [0.2, 0.25) is 0 Å². The lowest BCUT2D eigenvalue weighted by Gasteiger charge is -2.09. The lowest BCUT2D eigenvalue weighted by molar-refractivity contribution is 0.496. The molecule has 1 N–H and O–H groups in total.